The predicted molar refractivity (Wildman–Crippen MR) is 371 cm³/mol. The molecule has 0 N–H and O–H groups in total. The molecular weight excluding hydrogens is 1160 g/mol. The Balaban J connectivity index is 1.10. The number of rotatable bonds is 20. The number of nitrogens with zero attached hydrogens (tertiary/aromatic N) is 4. The molecule has 10 aromatic rings. The Hall–Kier alpha value is -11.7. The quantitative estimate of drug-likeness (QED) is 0.0681. The molecule has 0 radical (unpaired) electrons. The lowest BCUT2D eigenvalue weighted by molar-refractivity contribution is 0.275. The standard InChI is InChI=1S/C81H68N4O8/c1-86-65-29-9-53(10-30-65)82(54-11-31-66(87-2)32-12-54)61-25-45-73-74-46-26-62(83(55-13-33-67(88-3)34-14-55)56-15-35-68(89-4)36-16-56)50-78(74)81(77(73)49-61)79-51-63(84(57-17-37-69(90-5)38-18-57)58-19-39-70(91-6)40-20-58)27-47-75(79)76-48-28-64(52-80(76)81)85(59-21-41-71(92-7)42-22-59)60-23-43-72(93-8)44-24-60/h9-15,17-23,25-35,37-43,45-52H,16,36H2,1-8H3. The maximum Gasteiger partial charge on any atom is 0.170 e. The number of ether oxygens (including phenoxy) is 8. The van der Waals surface area contributed by atoms with Crippen molar-refractivity contribution in [1.82, 2.24) is 0 Å². The molecule has 1 atom stereocenters. The lowest BCUT2D eigenvalue weighted by Gasteiger charge is -2.35. The van der Waals surface area contributed by atoms with Crippen molar-refractivity contribution in [2.24, 2.45) is 0 Å². The van der Waals surface area contributed by atoms with Crippen molar-refractivity contribution in [2.75, 3.05) is 76.5 Å². The third-order valence-corrected chi connectivity index (χ3v) is 18.0. The molecule has 0 aliphatic heterocycles. The molecule has 0 saturated heterocycles. The van der Waals surface area contributed by atoms with Crippen LogP contribution in [0.2, 0.25) is 0 Å². The van der Waals surface area contributed by atoms with E-state index in [0.29, 0.717) is 5.76 Å². The van der Waals surface area contributed by atoms with E-state index in [2.05, 4.69) is 189 Å². The van der Waals surface area contributed by atoms with Crippen LogP contribution in [0.1, 0.15) is 35.1 Å². The van der Waals surface area contributed by atoms with E-state index < -0.39 is 5.41 Å². The van der Waals surface area contributed by atoms with Crippen LogP contribution in [0.5, 0.6) is 34.5 Å². The minimum atomic E-state index is -1.01. The summed E-state index contributed by atoms with van der Waals surface area (Å²) in [5.41, 5.74) is 26.0. The Bertz CT molecular complexity index is 4470. The van der Waals surface area contributed by atoms with Crippen LogP contribution in [-0.2, 0) is 14.9 Å². The first kappa shape index (κ1) is 59.0. The molecule has 0 bridgehead atoms. The second-order valence-electron chi connectivity index (χ2n) is 22.7. The molecule has 12 heteroatoms. The third kappa shape index (κ3) is 10.5. The molecule has 10 aromatic carbocycles. The topological polar surface area (TPSA) is 86.8 Å². The predicted octanol–water partition coefficient (Wildman–Crippen LogP) is 19.2. The normalized spacial score (nSPS) is 14.5. The summed E-state index contributed by atoms with van der Waals surface area (Å²) in [4.78, 5) is 9.24. The Morgan fingerprint density at radius 1 is 0.280 bits per heavy atom. The van der Waals surface area contributed by atoms with Gasteiger partial charge in [-0.05, 0) is 281 Å². The van der Waals surface area contributed by atoms with Crippen LogP contribution in [0.25, 0.3) is 22.3 Å². The molecule has 4 aliphatic carbocycles. The lowest BCUT2D eigenvalue weighted by Crippen LogP contribution is -2.28. The highest BCUT2D eigenvalue weighted by atomic mass is 16.5. The summed E-state index contributed by atoms with van der Waals surface area (Å²) in [7, 11) is 13.6. The molecule has 12 nitrogen and oxygen atoms in total. The lowest BCUT2D eigenvalue weighted by atomic mass is 9.70. The van der Waals surface area contributed by atoms with Gasteiger partial charge in [0.15, 0.2) is 5.76 Å². The fraction of sp³-hybridized carbons (Fsp3) is 0.136. The zero-order chi connectivity index (χ0) is 63.7. The monoisotopic (exact) mass is 1220 g/mol. The van der Waals surface area contributed by atoms with Crippen LogP contribution in [-0.4, -0.2) is 56.9 Å². The molecule has 460 valence electrons. The number of methoxy groups -OCH3 is 8. The van der Waals surface area contributed by atoms with Gasteiger partial charge in [0, 0.05) is 69.0 Å². The summed E-state index contributed by atoms with van der Waals surface area (Å²) in [5.74, 6) is 6.06. The summed E-state index contributed by atoms with van der Waals surface area (Å²) in [6.07, 6.45) is 9.73. The van der Waals surface area contributed by atoms with E-state index in [1.54, 1.807) is 56.9 Å². The average molecular weight is 1230 g/mol. The van der Waals surface area contributed by atoms with Crippen molar-refractivity contribution in [1.29, 1.82) is 0 Å². The van der Waals surface area contributed by atoms with Gasteiger partial charge in [-0.25, -0.2) is 0 Å². The molecule has 0 saturated carbocycles. The zero-order valence-corrected chi connectivity index (χ0v) is 53.1. The molecule has 1 spiro atoms. The third-order valence-electron chi connectivity index (χ3n) is 18.0. The van der Waals surface area contributed by atoms with Crippen LogP contribution in [0.15, 0.2) is 277 Å². The van der Waals surface area contributed by atoms with Gasteiger partial charge in [-0.2, -0.15) is 0 Å². The first-order chi connectivity index (χ1) is 45.7. The second-order valence-corrected chi connectivity index (χ2v) is 22.7. The first-order valence-electron chi connectivity index (χ1n) is 30.7. The highest BCUT2D eigenvalue weighted by Gasteiger charge is 2.53. The molecule has 4 aliphatic rings. The summed E-state index contributed by atoms with van der Waals surface area (Å²) in [5, 5.41) is 0. The van der Waals surface area contributed by atoms with Crippen LogP contribution in [0.4, 0.5) is 56.9 Å². The van der Waals surface area contributed by atoms with E-state index in [4.69, 9.17) is 37.9 Å². The van der Waals surface area contributed by atoms with Crippen molar-refractivity contribution in [2.45, 2.75) is 18.3 Å². The van der Waals surface area contributed by atoms with E-state index in [0.717, 1.165) is 166 Å². The molecule has 0 aromatic heterocycles. The minimum Gasteiger partial charge on any atom is -0.501 e. The summed E-state index contributed by atoms with van der Waals surface area (Å²) < 4.78 is 46.0. The van der Waals surface area contributed by atoms with E-state index in [1.807, 2.05) is 84.9 Å². The summed E-state index contributed by atoms with van der Waals surface area (Å²) in [6, 6.07) is 77.4. The number of allylic oxidation sites excluding steroid dienone is 6. The van der Waals surface area contributed by atoms with Gasteiger partial charge < -0.3 is 57.5 Å². The number of benzene rings is 10. The number of anilines is 10. The van der Waals surface area contributed by atoms with Crippen molar-refractivity contribution in [3.05, 3.63) is 299 Å². The number of fused-ring (bicyclic) bond motifs is 10. The molecule has 0 amide bonds. The van der Waals surface area contributed by atoms with Gasteiger partial charge in [-0.3, -0.25) is 0 Å². The summed E-state index contributed by atoms with van der Waals surface area (Å²) in [6.45, 7) is 0. The molecule has 0 heterocycles. The average Bonchev–Trinajstić information content (AvgIpc) is 1.51. The van der Waals surface area contributed by atoms with Gasteiger partial charge in [0.25, 0.3) is 0 Å². The van der Waals surface area contributed by atoms with Gasteiger partial charge in [0.2, 0.25) is 0 Å². The van der Waals surface area contributed by atoms with Crippen LogP contribution in [0, 0.1) is 0 Å². The molecule has 14 rings (SSSR count). The fourth-order valence-corrected chi connectivity index (χ4v) is 13.5. The van der Waals surface area contributed by atoms with Gasteiger partial charge in [0.05, 0.1) is 73.7 Å². The van der Waals surface area contributed by atoms with Crippen LogP contribution < -0.4 is 48.0 Å². The maximum absolute atomic E-state index is 5.83. The van der Waals surface area contributed by atoms with Crippen molar-refractivity contribution < 1.29 is 37.9 Å². The van der Waals surface area contributed by atoms with E-state index in [1.165, 1.54) is 0 Å². The van der Waals surface area contributed by atoms with Crippen molar-refractivity contribution in [3.8, 4) is 56.8 Å². The van der Waals surface area contributed by atoms with Gasteiger partial charge in [-0.15, -0.1) is 0 Å². The van der Waals surface area contributed by atoms with Gasteiger partial charge in [-0.1, -0.05) is 24.3 Å². The SMILES string of the molecule is COC1=C=C=C(N(c2ccc(OC)cc2)c2ccc3c(c2)C2(c4cc(N(C5=CC=C(OC)CC5)c5ccc(OC)cc5)ccc4-c4ccc(N(c5ccc(OC)cc5)c5ccc(OC)cc5)cc42)c2cc(N(c4ccc(OC)cc4)c4ccc(OC)cc4)ccc2-3)C=C1. The molecule has 1 unspecified atom stereocenters. The Kier molecular flexibility index (Phi) is 15.8. The highest BCUT2D eigenvalue weighted by Crippen LogP contribution is 2.65. The van der Waals surface area contributed by atoms with E-state index in [-0.39, 0.29) is 0 Å². The first-order valence-corrected chi connectivity index (χ1v) is 30.7. The fourth-order valence-electron chi connectivity index (χ4n) is 13.5. The van der Waals surface area contributed by atoms with E-state index >= 15 is 0 Å². The van der Waals surface area contributed by atoms with Crippen LogP contribution in [0.3, 0.4) is 0 Å². The summed E-state index contributed by atoms with van der Waals surface area (Å²) >= 11 is 0. The maximum atomic E-state index is 5.83. The Morgan fingerprint density at radius 3 is 0.860 bits per heavy atom. The number of hydrogen-bond acceptors (Lipinski definition) is 12. The highest BCUT2D eigenvalue weighted by molar-refractivity contribution is 5.99. The number of hydrogen-bond donors (Lipinski definition) is 0. The largest absolute Gasteiger partial charge is 0.501 e. The Labute approximate surface area is 542 Å². The van der Waals surface area contributed by atoms with Crippen LogP contribution >= 0.6 is 0 Å². The Morgan fingerprint density at radius 2 is 0.581 bits per heavy atom. The smallest absolute Gasteiger partial charge is 0.170 e. The van der Waals surface area contributed by atoms with Crippen molar-refractivity contribution in [3.63, 3.8) is 0 Å². The second kappa shape index (κ2) is 24.9. The zero-order valence-electron chi connectivity index (χ0n) is 53.1. The van der Waals surface area contributed by atoms with Crippen molar-refractivity contribution >= 4 is 56.9 Å². The molecule has 93 heavy (non-hydrogen) atoms. The van der Waals surface area contributed by atoms with Gasteiger partial charge in [0.1, 0.15) is 34.5 Å². The molecular formula is C81H68N4O8. The van der Waals surface area contributed by atoms with E-state index in [9.17, 15) is 0 Å². The minimum absolute atomic E-state index is 0.581. The molecule has 0 fully saturated rings. The van der Waals surface area contributed by atoms with Gasteiger partial charge >= 0.3 is 0 Å².